The Morgan fingerprint density at radius 3 is 0.678 bits per heavy atom. The van der Waals surface area contributed by atoms with Gasteiger partial charge < -0.3 is 23.7 Å². The lowest BCUT2D eigenvalue weighted by molar-refractivity contribution is -0.192. The van der Waals surface area contributed by atoms with Gasteiger partial charge in [0.25, 0.3) is 0 Å². The van der Waals surface area contributed by atoms with E-state index in [1.807, 2.05) is 76.2 Å². The first kappa shape index (κ1) is 85.4. The summed E-state index contributed by atoms with van der Waals surface area (Å²) in [5.41, 5.74) is -2.08. The van der Waals surface area contributed by atoms with Crippen LogP contribution in [0.5, 0.6) is 0 Å². The van der Waals surface area contributed by atoms with Crippen LogP contribution < -0.4 is 0 Å². The first-order valence-corrected chi connectivity index (χ1v) is 37.4. The van der Waals surface area contributed by atoms with Crippen molar-refractivity contribution in [2.24, 2.45) is 55.2 Å². The predicted octanol–water partition coefficient (Wildman–Crippen LogP) is 23.6. The molecule has 0 aliphatic heterocycles. The molecule has 2 unspecified atom stereocenters. The fraction of sp³-hybridized carbons (Fsp3) is 0.938. The zero-order valence-electron chi connectivity index (χ0n) is 64.9. The maximum atomic E-state index is 12.6. The van der Waals surface area contributed by atoms with Crippen molar-refractivity contribution in [2.45, 2.75) is 427 Å². The van der Waals surface area contributed by atoms with E-state index in [1.165, 1.54) is 96.3 Å². The Labute approximate surface area is 557 Å². The molecule has 10 heteroatoms. The maximum Gasteiger partial charge on any atom is 0.312 e. The summed E-state index contributed by atoms with van der Waals surface area (Å²) in [4.78, 5) is 61.5. The van der Waals surface area contributed by atoms with E-state index in [1.54, 1.807) is 0 Å². The number of rotatable bonds is 19. The van der Waals surface area contributed by atoms with Gasteiger partial charge in [-0.25, -0.2) is 0 Å². The molecule has 5 aliphatic rings. The SMILES string of the molecule is CCC(C)(C)C(=O)OC1(C(C)(C)C)CCCCC1.CCC(C)(C)C(=O)OC1(C(C)(C)C)CCCCCCC1.CCC(C)(C)C(=O)OC1(C(C)(C)CC)CCCCC1.CCC(C)C(=O)OC1(C(C)(C)C)CCCC1.CCC(C)C(=O)OC1(C(C)(C)CC)CCCC1. The van der Waals surface area contributed by atoms with Gasteiger partial charge in [-0.05, 0) is 215 Å². The average Bonchev–Trinajstić information content (AvgIpc) is 1.11. The third-order valence-electron chi connectivity index (χ3n) is 24.4. The lowest BCUT2D eigenvalue weighted by Crippen LogP contribution is -2.51. The molecule has 530 valence electrons. The van der Waals surface area contributed by atoms with E-state index < -0.39 is 0 Å². The van der Waals surface area contributed by atoms with Gasteiger partial charge in [-0.1, -0.05) is 184 Å². The van der Waals surface area contributed by atoms with Gasteiger partial charge >= 0.3 is 29.8 Å². The highest BCUT2D eigenvalue weighted by Gasteiger charge is 2.53. The van der Waals surface area contributed by atoms with Crippen LogP contribution in [0.1, 0.15) is 399 Å². The Morgan fingerprint density at radius 1 is 0.278 bits per heavy atom. The van der Waals surface area contributed by atoms with Gasteiger partial charge in [0, 0.05) is 27.1 Å². The van der Waals surface area contributed by atoms with E-state index >= 15 is 0 Å². The molecule has 0 spiro atoms. The maximum absolute atomic E-state index is 12.6. The first-order chi connectivity index (χ1) is 41.2. The lowest BCUT2D eigenvalue weighted by Gasteiger charge is -2.49. The number of hydrogen-bond acceptors (Lipinski definition) is 10. The fourth-order valence-electron chi connectivity index (χ4n) is 13.4. The molecule has 5 fully saturated rings. The molecule has 0 heterocycles. The topological polar surface area (TPSA) is 132 Å². The molecule has 0 N–H and O–H groups in total. The summed E-state index contributed by atoms with van der Waals surface area (Å²) in [5, 5.41) is 0. The van der Waals surface area contributed by atoms with Crippen LogP contribution >= 0.6 is 0 Å². The van der Waals surface area contributed by atoms with E-state index in [0.717, 1.165) is 109 Å². The van der Waals surface area contributed by atoms with Crippen molar-refractivity contribution in [3.63, 3.8) is 0 Å². The number of carbonyl (C=O) groups excluding carboxylic acids is 5. The minimum Gasteiger partial charge on any atom is -0.458 e. The van der Waals surface area contributed by atoms with E-state index in [0.29, 0.717) is 0 Å². The fourth-order valence-corrected chi connectivity index (χ4v) is 13.4. The van der Waals surface area contributed by atoms with Crippen molar-refractivity contribution < 1.29 is 47.7 Å². The highest BCUT2D eigenvalue weighted by molar-refractivity contribution is 5.77. The van der Waals surface area contributed by atoms with Gasteiger partial charge in [-0.3, -0.25) is 24.0 Å². The lowest BCUT2D eigenvalue weighted by atomic mass is 9.65. The molecule has 0 aromatic heterocycles. The Bertz CT molecular complexity index is 2120. The van der Waals surface area contributed by atoms with Crippen LogP contribution in [0, 0.1) is 55.2 Å². The molecule has 5 aliphatic carbocycles. The molecule has 0 aromatic rings. The van der Waals surface area contributed by atoms with Gasteiger partial charge in [0.05, 0.1) is 28.1 Å². The summed E-state index contributed by atoms with van der Waals surface area (Å²) in [7, 11) is 0. The Morgan fingerprint density at radius 2 is 0.456 bits per heavy atom. The van der Waals surface area contributed by atoms with Crippen LogP contribution in [0.2, 0.25) is 0 Å². The van der Waals surface area contributed by atoms with Crippen LogP contribution in [0.3, 0.4) is 0 Å². The summed E-state index contributed by atoms with van der Waals surface area (Å²) in [6.45, 7) is 59.3. The molecule has 0 radical (unpaired) electrons. The molecule has 2 atom stereocenters. The van der Waals surface area contributed by atoms with Crippen LogP contribution in [0.4, 0.5) is 0 Å². The highest BCUT2D eigenvalue weighted by Crippen LogP contribution is 2.52. The molecule has 10 nitrogen and oxygen atoms in total. The quantitative estimate of drug-likeness (QED) is 0.0910. The summed E-state index contributed by atoms with van der Waals surface area (Å²) < 4.78 is 30.3. The van der Waals surface area contributed by atoms with Crippen molar-refractivity contribution in [2.75, 3.05) is 0 Å². The van der Waals surface area contributed by atoms with Gasteiger partial charge in [-0.15, -0.1) is 0 Å². The normalized spacial score (nSPS) is 20.9. The van der Waals surface area contributed by atoms with Crippen LogP contribution in [-0.2, 0) is 47.7 Å². The van der Waals surface area contributed by atoms with Gasteiger partial charge in [0.15, 0.2) is 0 Å². The smallest absolute Gasteiger partial charge is 0.312 e. The molecular formula is C80H150O10. The van der Waals surface area contributed by atoms with E-state index in [9.17, 15) is 24.0 Å². The standard InChI is InChI=1S/C18H34O2.C17H32O2.C16H30O2.C15H28O2.C14H26O2/c1-7-17(5,6)15(19)20-18(16(2,3)4)13-11-9-8-10-12-14-18;1-7-15(3,4)14(18)19-17(16(5,6)8-2)12-10-9-11-13-17;1-7-15(5,6)13(17)18-16(14(2,3)4)11-9-8-10-12-16;1-6-12(3)13(16)17-15(10-8-9-11-15)14(4,5)7-2;1-6-11(2)12(15)16-14(13(3,4)5)9-7-8-10-14/h7-14H2,1-6H3;7-13H2,1-6H3;7-12H2,1-6H3;12H,6-11H2,1-5H3;11H,6-10H2,1-5H3. The van der Waals surface area contributed by atoms with E-state index in [4.69, 9.17) is 23.7 Å². The largest absolute Gasteiger partial charge is 0.458 e. The predicted molar refractivity (Wildman–Crippen MR) is 377 cm³/mol. The zero-order chi connectivity index (χ0) is 69.7. The molecule has 0 bridgehead atoms. The van der Waals surface area contributed by atoms with Gasteiger partial charge in [-0.2, -0.15) is 0 Å². The summed E-state index contributed by atoms with van der Waals surface area (Å²) in [6.07, 6.45) is 34.8. The molecule has 0 saturated heterocycles. The Hall–Kier alpha value is -2.65. The van der Waals surface area contributed by atoms with Crippen LogP contribution in [0.25, 0.3) is 0 Å². The number of carbonyl (C=O) groups is 5. The summed E-state index contributed by atoms with van der Waals surface area (Å²) in [6, 6.07) is 0. The monoisotopic (exact) mass is 1270 g/mol. The number of ether oxygens (including phenoxy) is 5. The molecule has 0 aromatic carbocycles. The number of hydrogen-bond donors (Lipinski definition) is 0. The summed E-state index contributed by atoms with van der Waals surface area (Å²) in [5.74, 6) is -0.0223. The van der Waals surface area contributed by atoms with Crippen molar-refractivity contribution >= 4 is 29.8 Å². The Kier molecular flexibility index (Phi) is 33.6. The van der Waals surface area contributed by atoms with Crippen molar-refractivity contribution in [3.05, 3.63) is 0 Å². The van der Waals surface area contributed by atoms with Crippen molar-refractivity contribution in [3.8, 4) is 0 Å². The van der Waals surface area contributed by atoms with Gasteiger partial charge in [0.1, 0.15) is 28.0 Å². The van der Waals surface area contributed by atoms with Crippen LogP contribution in [-0.4, -0.2) is 57.9 Å². The second-order valence-corrected chi connectivity index (χ2v) is 35.3. The minimum absolute atomic E-state index is 0.00377. The molecular weight excluding hydrogens is 1120 g/mol. The van der Waals surface area contributed by atoms with Crippen molar-refractivity contribution in [1.82, 2.24) is 0 Å². The van der Waals surface area contributed by atoms with Gasteiger partial charge in [0.2, 0.25) is 0 Å². The highest BCUT2D eigenvalue weighted by atomic mass is 16.6. The Balaban J connectivity index is 0.000000564. The molecule has 90 heavy (non-hydrogen) atoms. The van der Waals surface area contributed by atoms with E-state index in [-0.39, 0.29) is 113 Å². The minimum atomic E-state index is -0.374. The molecule has 5 rings (SSSR count). The first-order valence-electron chi connectivity index (χ1n) is 37.4. The van der Waals surface area contributed by atoms with Crippen molar-refractivity contribution in [1.29, 1.82) is 0 Å². The summed E-state index contributed by atoms with van der Waals surface area (Å²) >= 11 is 0. The third kappa shape index (κ3) is 23.0. The van der Waals surface area contributed by atoms with Crippen LogP contribution in [0.15, 0.2) is 0 Å². The van der Waals surface area contributed by atoms with E-state index in [2.05, 4.69) is 118 Å². The third-order valence-corrected chi connectivity index (χ3v) is 24.4. The molecule has 5 saturated carbocycles. The second-order valence-electron chi connectivity index (χ2n) is 35.3. The number of esters is 5. The second kappa shape index (κ2) is 35.4. The average molecular weight is 1270 g/mol. The zero-order valence-corrected chi connectivity index (χ0v) is 64.9. The molecule has 0 amide bonds.